The number of rotatable bonds is 5. The second-order valence-corrected chi connectivity index (χ2v) is 12.3. The third-order valence-corrected chi connectivity index (χ3v) is 9.22. The molecule has 2 aromatic heterocycles. The standard InChI is InChI=1S/C31H28Cl3F2N7O2/c1-5-19(44)41-8-10-42(11-9-41)29-16-12-18(32)27(20-23(35)21(33)22(34)24(36)25(20)38)40-30(16)43(31(45)17(29)13-37)28-15(4)6-7-39-26(28)14(2)3/h5-7,12,14-15,28H,1,8-11,38H2,2-4H3/t15-,28?/m1/s1. The molecule has 234 valence electrons. The van der Waals surface area contributed by atoms with E-state index in [-0.39, 0.29) is 58.4 Å². The Morgan fingerprint density at radius 3 is 2.42 bits per heavy atom. The van der Waals surface area contributed by atoms with Gasteiger partial charge in [0.2, 0.25) is 5.91 Å². The van der Waals surface area contributed by atoms with Crippen LogP contribution in [0.2, 0.25) is 15.1 Å². The number of nitrogens with zero attached hydrogens (tertiary/aromatic N) is 6. The molecule has 2 atom stereocenters. The number of carbonyl (C=O) groups excluding carboxylic acids is 1. The van der Waals surface area contributed by atoms with Crippen LogP contribution in [0.15, 0.2) is 40.8 Å². The number of hydrogen-bond acceptors (Lipinski definition) is 7. The largest absolute Gasteiger partial charge is 0.396 e. The molecular formula is C31H28Cl3F2N7O2. The summed E-state index contributed by atoms with van der Waals surface area (Å²) in [7, 11) is 0. The average molecular weight is 675 g/mol. The summed E-state index contributed by atoms with van der Waals surface area (Å²) in [6.45, 7) is 10.5. The molecule has 1 aromatic carbocycles. The molecule has 0 saturated carbocycles. The number of piperazine rings is 1. The number of nitrogens with two attached hydrogens (primary N) is 1. The van der Waals surface area contributed by atoms with Gasteiger partial charge >= 0.3 is 0 Å². The van der Waals surface area contributed by atoms with Crippen LogP contribution in [-0.4, -0.2) is 52.2 Å². The predicted octanol–water partition coefficient (Wildman–Crippen LogP) is 6.39. The fourth-order valence-electron chi connectivity index (χ4n) is 5.89. The molecule has 3 aromatic rings. The molecule has 0 aliphatic carbocycles. The van der Waals surface area contributed by atoms with Gasteiger partial charge in [0.05, 0.1) is 38.7 Å². The molecule has 9 nitrogen and oxygen atoms in total. The van der Waals surface area contributed by atoms with Gasteiger partial charge in [-0.25, -0.2) is 13.8 Å². The zero-order valence-corrected chi connectivity index (χ0v) is 26.8. The van der Waals surface area contributed by atoms with Crippen LogP contribution in [0.3, 0.4) is 0 Å². The lowest BCUT2D eigenvalue weighted by atomic mass is 9.88. The van der Waals surface area contributed by atoms with Gasteiger partial charge in [-0.15, -0.1) is 0 Å². The average Bonchev–Trinajstić information content (AvgIpc) is 3.02. The van der Waals surface area contributed by atoms with E-state index in [2.05, 4.69) is 22.6 Å². The smallest absolute Gasteiger partial charge is 0.272 e. The van der Waals surface area contributed by atoms with Gasteiger partial charge in [-0.1, -0.05) is 68.2 Å². The van der Waals surface area contributed by atoms with E-state index in [1.165, 1.54) is 16.7 Å². The quantitative estimate of drug-likeness (QED) is 0.145. The van der Waals surface area contributed by atoms with Gasteiger partial charge in [0, 0.05) is 49.4 Å². The van der Waals surface area contributed by atoms with Crippen LogP contribution in [0.4, 0.5) is 20.2 Å². The van der Waals surface area contributed by atoms with Crippen LogP contribution < -0.4 is 16.2 Å². The fraction of sp³-hybridized carbons (Fsp3) is 0.323. The number of allylic oxidation sites excluding steroid dienone is 1. The van der Waals surface area contributed by atoms with Crippen molar-refractivity contribution in [1.29, 1.82) is 5.26 Å². The van der Waals surface area contributed by atoms with Crippen LogP contribution in [0.5, 0.6) is 0 Å². The highest BCUT2D eigenvalue weighted by Crippen LogP contribution is 2.44. The normalized spacial score (nSPS) is 18.4. The van der Waals surface area contributed by atoms with Gasteiger partial charge in [-0.2, -0.15) is 5.26 Å². The molecule has 5 rings (SSSR count). The molecule has 2 aliphatic rings. The van der Waals surface area contributed by atoms with Crippen molar-refractivity contribution in [3.63, 3.8) is 0 Å². The molecule has 1 saturated heterocycles. The zero-order chi connectivity index (χ0) is 32.9. The first-order valence-corrected chi connectivity index (χ1v) is 15.2. The molecule has 45 heavy (non-hydrogen) atoms. The van der Waals surface area contributed by atoms with E-state index < -0.39 is 44.5 Å². The summed E-state index contributed by atoms with van der Waals surface area (Å²) in [4.78, 5) is 39.3. The highest BCUT2D eigenvalue weighted by atomic mass is 35.5. The minimum absolute atomic E-state index is 0.0452. The Kier molecular flexibility index (Phi) is 8.95. The molecule has 1 unspecified atom stereocenters. The van der Waals surface area contributed by atoms with Crippen LogP contribution in [0, 0.1) is 34.8 Å². The van der Waals surface area contributed by atoms with Gasteiger partial charge < -0.3 is 15.5 Å². The lowest BCUT2D eigenvalue weighted by molar-refractivity contribution is -0.126. The van der Waals surface area contributed by atoms with Gasteiger partial charge in [0.25, 0.3) is 5.56 Å². The first-order chi connectivity index (χ1) is 21.3. The number of carbonyl (C=O) groups is 1. The summed E-state index contributed by atoms with van der Waals surface area (Å²) in [6.07, 6.45) is 4.72. The molecule has 0 bridgehead atoms. The molecule has 2 aliphatic heterocycles. The van der Waals surface area contributed by atoms with Crippen LogP contribution in [0.1, 0.15) is 32.4 Å². The summed E-state index contributed by atoms with van der Waals surface area (Å²) in [5.74, 6) is -2.90. The monoisotopic (exact) mass is 673 g/mol. The van der Waals surface area contributed by atoms with Crippen molar-refractivity contribution in [1.82, 2.24) is 14.5 Å². The molecular weight excluding hydrogens is 647 g/mol. The van der Waals surface area contributed by atoms with Crippen LogP contribution in [0.25, 0.3) is 22.3 Å². The number of aromatic nitrogens is 2. The third-order valence-electron chi connectivity index (χ3n) is 8.13. The van der Waals surface area contributed by atoms with E-state index in [0.29, 0.717) is 24.2 Å². The molecule has 2 N–H and O–H groups in total. The number of aliphatic imine (C=N–C) groups is 1. The number of halogens is 5. The number of pyridine rings is 2. The Hall–Kier alpha value is -3.98. The van der Waals surface area contributed by atoms with Gasteiger partial charge in [-0.05, 0) is 18.1 Å². The maximum absolute atomic E-state index is 15.6. The van der Waals surface area contributed by atoms with Gasteiger partial charge in [0.15, 0.2) is 11.6 Å². The maximum atomic E-state index is 15.6. The van der Waals surface area contributed by atoms with Crippen LogP contribution in [-0.2, 0) is 4.79 Å². The number of benzene rings is 1. The first kappa shape index (κ1) is 32.4. The highest BCUT2D eigenvalue weighted by Gasteiger charge is 2.35. The van der Waals surface area contributed by atoms with Gasteiger partial charge in [-0.3, -0.25) is 19.1 Å². The van der Waals surface area contributed by atoms with Crippen molar-refractivity contribution < 1.29 is 13.6 Å². The van der Waals surface area contributed by atoms with E-state index >= 15 is 4.39 Å². The van der Waals surface area contributed by atoms with Crippen molar-refractivity contribution in [2.75, 3.05) is 36.8 Å². The lowest BCUT2D eigenvalue weighted by Crippen LogP contribution is -2.49. The Labute approximate surface area is 272 Å². The van der Waals surface area contributed by atoms with E-state index in [4.69, 9.17) is 40.5 Å². The number of hydrogen-bond donors (Lipinski definition) is 1. The lowest BCUT2D eigenvalue weighted by Gasteiger charge is -2.37. The first-order valence-electron chi connectivity index (χ1n) is 14.0. The Balaban J connectivity index is 1.88. The van der Waals surface area contributed by atoms with Crippen LogP contribution >= 0.6 is 34.8 Å². The predicted molar refractivity (Wildman–Crippen MR) is 174 cm³/mol. The minimum Gasteiger partial charge on any atom is -0.396 e. The molecule has 0 spiro atoms. The van der Waals surface area contributed by atoms with E-state index in [1.807, 2.05) is 31.7 Å². The maximum Gasteiger partial charge on any atom is 0.272 e. The van der Waals surface area contributed by atoms with Gasteiger partial charge in [0.1, 0.15) is 22.3 Å². The summed E-state index contributed by atoms with van der Waals surface area (Å²) in [6, 6.07) is 2.85. The molecule has 14 heteroatoms. The number of fused-ring (bicyclic) bond motifs is 1. The molecule has 0 radical (unpaired) electrons. The Morgan fingerprint density at radius 1 is 1.18 bits per heavy atom. The SMILES string of the molecule is C=CC(=O)N1CCN(c2c(C#N)c(=O)n(C3C(C(C)C)=NC=C[C@H]3C)c3nc(-c4c(N)c(F)c(Cl)c(Cl)c4F)c(Cl)cc23)CC1. The minimum atomic E-state index is -1.15. The second kappa shape index (κ2) is 12.4. The highest BCUT2D eigenvalue weighted by molar-refractivity contribution is 6.43. The number of anilines is 2. The van der Waals surface area contributed by atoms with Crippen molar-refractivity contribution in [2.24, 2.45) is 16.8 Å². The number of nitriles is 1. The van der Waals surface area contributed by atoms with Crippen molar-refractivity contribution >= 4 is 68.8 Å². The summed E-state index contributed by atoms with van der Waals surface area (Å²) >= 11 is 18.6. The topological polar surface area (TPSA) is 121 Å². The molecule has 1 fully saturated rings. The third kappa shape index (κ3) is 5.35. The van der Waals surface area contributed by atoms with Crippen molar-refractivity contribution in [3.05, 3.63) is 73.6 Å². The molecule has 4 heterocycles. The Morgan fingerprint density at radius 2 is 1.82 bits per heavy atom. The van der Waals surface area contributed by atoms with Crippen molar-refractivity contribution in [2.45, 2.75) is 26.8 Å². The summed E-state index contributed by atoms with van der Waals surface area (Å²) in [5, 5.41) is 9.16. The molecule has 1 amide bonds. The van der Waals surface area contributed by atoms with E-state index in [0.717, 1.165) is 0 Å². The zero-order valence-electron chi connectivity index (χ0n) is 24.5. The Bertz CT molecular complexity index is 1900. The van der Waals surface area contributed by atoms with E-state index in [9.17, 15) is 19.2 Å². The summed E-state index contributed by atoms with van der Waals surface area (Å²) in [5.41, 5.74) is 4.68. The second-order valence-electron chi connectivity index (χ2n) is 11.1. The summed E-state index contributed by atoms with van der Waals surface area (Å²) < 4.78 is 31.9. The number of amides is 1. The van der Waals surface area contributed by atoms with Crippen molar-refractivity contribution in [3.8, 4) is 17.3 Å². The fourth-order valence-corrected chi connectivity index (χ4v) is 6.49. The van der Waals surface area contributed by atoms with E-state index in [1.54, 1.807) is 11.1 Å². The number of nitrogen functional groups attached to an aromatic ring is 1.